The number of aliphatic imine (C=N–C) groups is 1. The Balaban J connectivity index is 1.26. The molecule has 0 spiro atoms. The highest BCUT2D eigenvalue weighted by Crippen LogP contribution is 2.25. The van der Waals surface area contributed by atoms with E-state index in [1.54, 1.807) is 0 Å². The summed E-state index contributed by atoms with van der Waals surface area (Å²) in [4.78, 5) is 53.3. The van der Waals surface area contributed by atoms with Crippen LogP contribution in [-0.4, -0.2) is 40.6 Å². The Bertz CT molecular complexity index is 1310. The minimum atomic E-state index is -0.715. The molecule has 2 amide bonds. The lowest BCUT2D eigenvalue weighted by molar-refractivity contribution is -0.122. The number of nitrogens with one attached hydrogen (secondary N) is 2. The Kier molecular flexibility index (Phi) is 7.86. The van der Waals surface area contributed by atoms with Crippen molar-refractivity contribution in [2.24, 2.45) is 4.99 Å². The number of amides is 2. The molecule has 0 saturated carbocycles. The third-order valence-corrected chi connectivity index (χ3v) is 6.12. The van der Waals surface area contributed by atoms with Gasteiger partial charge in [0.25, 0.3) is 0 Å². The number of carbonyl (C=O) groups is 4. The maximum Gasteiger partial charge on any atom is 0.338 e. The number of hydrogen-bond acceptors (Lipinski definition) is 7. The quantitative estimate of drug-likeness (QED) is 0.352. The smallest absolute Gasteiger partial charge is 0.338 e. The summed E-state index contributed by atoms with van der Waals surface area (Å²) in [7, 11) is 0. The van der Waals surface area contributed by atoms with Gasteiger partial charge in [0.1, 0.15) is 11.1 Å². The summed E-state index contributed by atoms with van der Waals surface area (Å²) in [5, 5.41) is 5.19. The number of halogens is 1. The van der Waals surface area contributed by atoms with Gasteiger partial charge in [-0.25, -0.2) is 14.2 Å². The van der Waals surface area contributed by atoms with Gasteiger partial charge < -0.3 is 15.4 Å². The number of Topliss-reactive ketones (excluding diaryl/α,β-unsaturated/α-hetero) is 1. The van der Waals surface area contributed by atoms with Crippen LogP contribution >= 0.6 is 11.8 Å². The van der Waals surface area contributed by atoms with Crippen LogP contribution in [0.3, 0.4) is 0 Å². The topological polar surface area (TPSA) is 114 Å². The predicted molar refractivity (Wildman–Crippen MR) is 134 cm³/mol. The number of amidine groups is 1. The number of benzene rings is 3. The molecule has 1 aliphatic rings. The van der Waals surface area contributed by atoms with Gasteiger partial charge in [0.15, 0.2) is 17.6 Å². The van der Waals surface area contributed by atoms with Crippen LogP contribution in [-0.2, 0) is 14.3 Å². The minimum Gasteiger partial charge on any atom is -0.454 e. The summed E-state index contributed by atoms with van der Waals surface area (Å²) in [5.41, 5.74) is 1.55. The van der Waals surface area contributed by atoms with Gasteiger partial charge in [-0.2, -0.15) is 0 Å². The highest BCUT2D eigenvalue weighted by Gasteiger charge is 2.32. The van der Waals surface area contributed by atoms with Crippen molar-refractivity contribution in [3.8, 4) is 0 Å². The molecule has 8 nitrogen and oxygen atoms in total. The zero-order valence-corrected chi connectivity index (χ0v) is 19.6. The van der Waals surface area contributed by atoms with Gasteiger partial charge >= 0.3 is 5.97 Å². The zero-order chi connectivity index (χ0) is 25.5. The van der Waals surface area contributed by atoms with Crippen molar-refractivity contribution in [2.45, 2.75) is 11.7 Å². The highest BCUT2D eigenvalue weighted by molar-refractivity contribution is 8.15. The Morgan fingerprint density at radius 2 is 1.61 bits per heavy atom. The van der Waals surface area contributed by atoms with Crippen molar-refractivity contribution >= 4 is 51.9 Å². The van der Waals surface area contributed by atoms with E-state index in [9.17, 15) is 23.6 Å². The summed E-state index contributed by atoms with van der Waals surface area (Å²) in [6.07, 6.45) is -0.0560. The average Bonchev–Trinajstić information content (AvgIpc) is 3.21. The summed E-state index contributed by atoms with van der Waals surface area (Å²) in [5.74, 6) is -2.31. The van der Waals surface area contributed by atoms with E-state index in [2.05, 4.69) is 15.6 Å². The van der Waals surface area contributed by atoms with Crippen LogP contribution in [0, 0.1) is 5.82 Å². The number of ketones is 1. The fraction of sp³-hybridized carbons (Fsp3) is 0.115. The molecule has 182 valence electrons. The summed E-state index contributed by atoms with van der Waals surface area (Å²) in [6, 6.07) is 20.0. The Labute approximate surface area is 210 Å². The first-order valence-corrected chi connectivity index (χ1v) is 11.7. The van der Waals surface area contributed by atoms with E-state index in [4.69, 9.17) is 4.74 Å². The highest BCUT2D eigenvalue weighted by atomic mass is 32.2. The van der Waals surface area contributed by atoms with E-state index in [-0.39, 0.29) is 29.4 Å². The second-order valence-corrected chi connectivity index (χ2v) is 8.88. The molecule has 36 heavy (non-hydrogen) atoms. The van der Waals surface area contributed by atoms with Crippen molar-refractivity contribution in [1.29, 1.82) is 0 Å². The molecule has 0 radical (unpaired) electrons. The molecule has 1 atom stereocenters. The number of carbonyl (C=O) groups excluding carboxylic acids is 4. The number of esters is 1. The van der Waals surface area contributed by atoms with E-state index in [0.29, 0.717) is 16.5 Å². The Hall–Kier alpha value is -4.31. The molecule has 0 aliphatic carbocycles. The molecule has 10 heteroatoms. The molecule has 0 aromatic heterocycles. The van der Waals surface area contributed by atoms with Crippen LogP contribution in [0.1, 0.15) is 27.1 Å². The van der Waals surface area contributed by atoms with Crippen molar-refractivity contribution in [1.82, 2.24) is 5.32 Å². The standard InChI is InChI=1S/C26H20FN3O5S/c27-18-10-6-16(7-11-18)21(31)15-35-25(34)17-8-12-20(13-9-17)28-23(32)14-22-24(33)30-26(36-22)29-19-4-2-1-3-5-19/h1-13,22H,14-15H2,(H,28,32)(H,29,30,33)/t22-/m1/s1. The predicted octanol–water partition coefficient (Wildman–Crippen LogP) is 4.11. The second-order valence-electron chi connectivity index (χ2n) is 7.68. The molecule has 2 N–H and O–H groups in total. The van der Waals surface area contributed by atoms with Gasteiger partial charge in [0.05, 0.1) is 11.3 Å². The molecule has 0 unspecified atom stereocenters. The molecule has 1 fully saturated rings. The lowest BCUT2D eigenvalue weighted by atomic mass is 10.1. The van der Waals surface area contributed by atoms with Crippen LogP contribution in [0.25, 0.3) is 0 Å². The van der Waals surface area contributed by atoms with E-state index >= 15 is 0 Å². The number of anilines is 1. The first-order chi connectivity index (χ1) is 17.4. The number of nitrogens with zero attached hydrogens (tertiary/aromatic N) is 1. The number of thioether (sulfide) groups is 1. The monoisotopic (exact) mass is 505 g/mol. The SMILES string of the molecule is O=C(C[C@H]1SC(=Nc2ccccc2)NC1=O)Nc1ccc(C(=O)OCC(=O)c2ccc(F)cc2)cc1. The van der Waals surface area contributed by atoms with Gasteiger partial charge in [-0.1, -0.05) is 30.0 Å². The summed E-state index contributed by atoms with van der Waals surface area (Å²) in [6.45, 7) is -0.486. The molecule has 4 rings (SSSR count). The fourth-order valence-corrected chi connectivity index (χ4v) is 4.20. The summed E-state index contributed by atoms with van der Waals surface area (Å²) >= 11 is 1.19. The number of rotatable bonds is 8. The normalized spacial score (nSPS) is 15.9. The Morgan fingerprint density at radius 1 is 0.944 bits per heavy atom. The van der Waals surface area contributed by atoms with E-state index in [1.807, 2.05) is 30.3 Å². The maximum absolute atomic E-state index is 13.0. The van der Waals surface area contributed by atoms with Crippen LogP contribution in [0.5, 0.6) is 0 Å². The van der Waals surface area contributed by atoms with E-state index < -0.39 is 29.4 Å². The van der Waals surface area contributed by atoms with Crippen molar-refractivity contribution in [3.05, 3.63) is 95.8 Å². The number of hydrogen-bond donors (Lipinski definition) is 2. The molecular formula is C26H20FN3O5S. The van der Waals surface area contributed by atoms with Crippen LogP contribution in [0.4, 0.5) is 15.8 Å². The molecule has 3 aromatic rings. The van der Waals surface area contributed by atoms with Crippen LogP contribution in [0.2, 0.25) is 0 Å². The zero-order valence-electron chi connectivity index (χ0n) is 18.8. The minimum absolute atomic E-state index is 0.0560. The van der Waals surface area contributed by atoms with Crippen molar-refractivity contribution in [3.63, 3.8) is 0 Å². The molecule has 3 aromatic carbocycles. The van der Waals surface area contributed by atoms with Crippen molar-refractivity contribution < 1.29 is 28.3 Å². The third kappa shape index (κ3) is 6.63. The molecular weight excluding hydrogens is 485 g/mol. The summed E-state index contributed by atoms with van der Waals surface area (Å²) < 4.78 is 18.0. The first kappa shape index (κ1) is 24.8. The number of para-hydroxylation sites is 1. The number of ether oxygens (including phenoxy) is 1. The maximum atomic E-state index is 13.0. The van der Waals surface area contributed by atoms with Crippen LogP contribution < -0.4 is 10.6 Å². The van der Waals surface area contributed by atoms with Gasteiger partial charge in [0.2, 0.25) is 11.8 Å². The van der Waals surface area contributed by atoms with Gasteiger partial charge in [-0.05, 0) is 60.7 Å². The van der Waals surface area contributed by atoms with Crippen molar-refractivity contribution in [2.75, 3.05) is 11.9 Å². The largest absolute Gasteiger partial charge is 0.454 e. The molecule has 1 aliphatic heterocycles. The van der Waals surface area contributed by atoms with Gasteiger partial charge in [-0.3, -0.25) is 14.4 Å². The van der Waals surface area contributed by atoms with Gasteiger partial charge in [-0.15, -0.1) is 0 Å². The third-order valence-electron chi connectivity index (χ3n) is 5.04. The second kappa shape index (κ2) is 11.4. The fourth-order valence-electron chi connectivity index (χ4n) is 3.22. The lowest BCUT2D eigenvalue weighted by Crippen LogP contribution is -2.28. The first-order valence-electron chi connectivity index (χ1n) is 10.8. The van der Waals surface area contributed by atoms with Crippen LogP contribution in [0.15, 0.2) is 83.9 Å². The lowest BCUT2D eigenvalue weighted by Gasteiger charge is -2.08. The Morgan fingerprint density at radius 3 is 2.31 bits per heavy atom. The van der Waals surface area contributed by atoms with E-state index in [0.717, 1.165) is 12.1 Å². The molecule has 1 saturated heterocycles. The molecule has 1 heterocycles. The average molecular weight is 506 g/mol. The van der Waals surface area contributed by atoms with E-state index in [1.165, 1.54) is 48.2 Å². The van der Waals surface area contributed by atoms with Gasteiger partial charge in [0, 0.05) is 17.7 Å². The molecule has 0 bridgehead atoms.